The van der Waals surface area contributed by atoms with Gasteiger partial charge in [0.05, 0.1) is 11.0 Å². The number of hydrogen-bond acceptors (Lipinski definition) is 2. The fourth-order valence-electron chi connectivity index (χ4n) is 10.4. The summed E-state index contributed by atoms with van der Waals surface area (Å²) in [5.41, 5.74) is 11.1. The fourth-order valence-corrected chi connectivity index (χ4v) is 12.8. The summed E-state index contributed by atoms with van der Waals surface area (Å²) in [7, 11) is 0. The van der Waals surface area contributed by atoms with Crippen LogP contribution in [0.3, 0.4) is 0 Å². The van der Waals surface area contributed by atoms with Gasteiger partial charge >= 0.3 is 0 Å². The Morgan fingerprint density at radius 1 is 0.295 bits per heavy atom. The van der Waals surface area contributed by atoms with Gasteiger partial charge in [-0.05, 0) is 114 Å². The minimum absolute atomic E-state index is 1.15. The SMILES string of the molecule is c1cc2ccc3ccc(-c4ccc(-n5c6ccc(-c7cccc8c7sc7ccccc78)cc6c6cc(-c7cccc8c7sc7ccccc78)ccc65)cc4)c4ccc(c1)c2c34. The fraction of sp³-hybridized carbons (Fsp3) is 0. The first-order valence-corrected chi connectivity index (χ1v) is 22.5. The molecule has 3 heteroatoms. The van der Waals surface area contributed by atoms with Crippen molar-refractivity contribution in [1.82, 2.24) is 4.57 Å². The molecule has 282 valence electrons. The van der Waals surface area contributed by atoms with Gasteiger partial charge in [0.25, 0.3) is 0 Å². The van der Waals surface area contributed by atoms with Crippen LogP contribution in [0.5, 0.6) is 0 Å². The van der Waals surface area contributed by atoms with Gasteiger partial charge in [-0.15, -0.1) is 22.7 Å². The maximum Gasteiger partial charge on any atom is 0.0541 e. The standard InChI is InChI=1S/C58H33NS2/c1-3-16-53-44(10-1)47-14-6-12-42(57(47)60-53)38-24-30-51-49(32-38)50-33-39(43-13-7-15-48-45-11-2-4-17-54(45)61-58(43)48)25-31-52(50)59(51)40-26-20-34(21-27-40)41-28-22-37-19-18-35-8-5-9-36-23-29-46(41)56(37)55(35)36/h1-33H. The monoisotopic (exact) mass is 807 g/mol. The molecule has 0 amide bonds. The highest BCUT2D eigenvalue weighted by Gasteiger charge is 2.19. The van der Waals surface area contributed by atoms with Gasteiger partial charge in [-0.2, -0.15) is 0 Å². The van der Waals surface area contributed by atoms with Crippen molar-refractivity contribution < 1.29 is 0 Å². The van der Waals surface area contributed by atoms with Crippen molar-refractivity contribution in [3.05, 3.63) is 200 Å². The van der Waals surface area contributed by atoms with Gasteiger partial charge < -0.3 is 4.57 Å². The first kappa shape index (κ1) is 33.5. The highest BCUT2D eigenvalue weighted by molar-refractivity contribution is 7.26. The molecule has 0 aliphatic rings. The van der Waals surface area contributed by atoms with Crippen LogP contribution in [0.2, 0.25) is 0 Å². The van der Waals surface area contributed by atoms with Crippen LogP contribution in [0.4, 0.5) is 0 Å². The molecule has 0 saturated carbocycles. The Kier molecular flexibility index (Phi) is 6.93. The van der Waals surface area contributed by atoms with E-state index in [2.05, 4.69) is 205 Å². The van der Waals surface area contributed by atoms with Crippen molar-refractivity contribution in [3.8, 4) is 39.1 Å². The van der Waals surface area contributed by atoms with Crippen molar-refractivity contribution >= 4 is 117 Å². The molecule has 0 fully saturated rings. The molecule has 0 atom stereocenters. The molecular formula is C58H33NS2. The Morgan fingerprint density at radius 2 is 0.787 bits per heavy atom. The van der Waals surface area contributed by atoms with Gasteiger partial charge in [0.2, 0.25) is 0 Å². The first-order chi connectivity index (χ1) is 30.2. The maximum atomic E-state index is 2.46. The zero-order chi connectivity index (χ0) is 39.8. The van der Waals surface area contributed by atoms with Crippen molar-refractivity contribution in [2.75, 3.05) is 0 Å². The first-order valence-electron chi connectivity index (χ1n) is 20.9. The smallest absolute Gasteiger partial charge is 0.0541 e. The zero-order valence-corrected chi connectivity index (χ0v) is 34.4. The molecule has 0 bridgehead atoms. The summed E-state index contributed by atoms with van der Waals surface area (Å²) in [5, 5.41) is 15.7. The van der Waals surface area contributed by atoms with E-state index in [0.29, 0.717) is 0 Å². The summed E-state index contributed by atoms with van der Waals surface area (Å²) in [6.45, 7) is 0. The lowest BCUT2D eigenvalue weighted by Crippen LogP contribution is -1.94. The second kappa shape index (κ2) is 12.6. The number of nitrogens with zero attached hydrogens (tertiary/aromatic N) is 1. The van der Waals surface area contributed by atoms with Crippen LogP contribution in [-0.2, 0) is 0 Å². The Bertz CT molecular complexity index is 3920. The van der Waals surface area contributed by atoms with E-state index in [4.69, 9.17) is 0 Å². The molecular weight excluding hydrogens is 775 g/mol. The number of rotatable bonds is 4. The van der Waals surface area contributed by atoms with E-state index in [1.807, 2.05) is 22.7 Å². The van der Waals surface area contributed by atoms with E-state index in [9.17, 15) is 0 Å². The van der Waals surface area contributed by atoms with E-state index in [0.717, 1.165) is 5.69 Å². The summed E-state index contributed by atoms with van der Waals surface area (Å²) in [6.07, 6.45) is 0. The summed E-state index contributed by atoms with van der Waals surface area (Å²) in [6, 6.07) is 75.0. The second-order valence-corrected chi connectivity index (χ2v) is 18.5. The van der Waals surface area contributed by atoms with Gasteiger partial charge in [0, 0.05) is 56.8 Å². The van der Waals surface area contributed by atoms with Crippen molar-refractivity contribution in [1.29, 1.82) is 0 Å². The van der Waals surface area contributed by atoms with E-state index in [-0.39, 0.29) is 0 Å². The minimum Gasteiger partial charge on any atom is -0.309 e. The lowest BCUT2D eigenvalue weighted by molar-refractivity contribution is 1.18. The molecule has 1 nitrogen and oxygen atoms in total. The molecule has 0 spiro atoms. The van der Waals surface area contributed by atoms with Gasteiger partial charge in [0.15, 0.2) is 0 Å². The number of aromatic nitrogens is 1. The van der Waals surface area contributed by atoms with Crippen LogP contribution >= 0.6 is 22.7 Å². The van der Waals surface area contributed by atoms with Gasteiger partial charge in [-0.1, -0.05) is 152 Å². The summed E-state index contributed by atoms with van der Waals surface area (Å²) >= 11 is 3.79. The Balaban J connectivity index is 0.973. The van der Waals surface area contributed by atoms with E-state index >= 15 is 0 Å². The van der Waals surface area contributed by atoms with Crippen LogP contribution in [0.1, 0.15) is 0 Å². The average Bonchev–Trinajstić information content (AvgIpc) is 4.00. The van der Waals surface area contributed by atoms with E-state index in [1.165, 1.54) is 128 Å². The third-order valence-corrected chi connectivity index (χ3v) is 15.6. The van der Waals surface area contributed by atoms with Gasteiger partial charge in [0.1, 0.15) is 0 Å². The number of fused-ring (bicyclic) bond motifs is 9. The molecule has 0 saturated heterocycles. The van der Waals surface area contributed by atoms with E-state index in [1.54, 1.807) is 0 Å². The molecule has 0 radical (unpaired) electrons. The molecule has 3 heterocycles. The highest BCUT2D eigenvalue weighted by Crippen LogP contribution is 2.45. The van der Waals surface area contributed by atoms with Crippen LogP contribution in [0.25, 0.3) is 134 Å². The maximum absolute atomic E-state index is 2.46. The number of hydrogen-bond donors (Lipinski definition) is 0. The van der Waals surface area contributed by atoms with Crippen molar-refractivity contribution in [2.24, 2.45) is 0 Å². The summed E-state index contributed by atoms with van der Waals surface area (Å²) < 4.78 is 7.80. The molecule has 14 aromatic rings. The number of benzene rings is 11. The van der Waals surface area contributed by atoms with Gasteiger partial charge in [-0.25, -0.2) is 0 Å². The summed E-state index contributed by atoms with van der Waals surface area (Å²) in [5.74, 6) is 0. The molecule has 0 aliphatic heterocycles. The molecule has 14 rings (SSSR count). The lowest BCUT2D eigenvalue weighted by atomic mass is 9.90. The Morgan fingerprint density at radius 3 is 1.39 bits per heavy atom. The Hall–Kier alpha value is -7.30. The predicted molar refractivity (Wildman–Crippen MR) is 267 cm³/mol. The highest BCUT2D eigenvalue weighted by atomic mass is 32.1. The molecule has 0 N–H and O–H groups in total. The molecule has 3 aromatic heterocycles. The third kappa shape index (κ3) is 4.82. The Labute approximate surface area is 358 Å². The van der Waals surface area contributed by atoms with Crippen LogP contribution in [-0.4, -0.2) is 4.57 Å². The molecule has 0 aliphatic carbocycles. The van der Waals surface area contributed by atoms with Crippen LogP contribution in [0, 0.1) is 0 Å². The molecule has 0 unspecified atom stereocenters. The van der Waals surface area contributed by atoms with Crippen LogP contribution in [0.15, 0.2) is 200 Å². The average molecular weight is 808 g/mol. The van der Waals surface area contributed by atoms with Crippen molar-refractivity contribution in [2.45, 2.75) is 0 Å². The molecule has 61 heavy (non-hydrogen) atoms. The zero-order valence-electron chi connectivity index (χ0n) is 32.8. The van der Waals surface area contributed by atoms with Gasteiger partial charge in [-0.3, -0.25) is 0 Å². The summed E-state index contributed by atoms with van der Waals surface area (Å²) in [4.78, 5) is 0. The topological polar surface area (TPSA) is 4.93 Å². The van der Waals surface area contributed by atoms with Crippen molar-refractivity contribution in [3.63, 3.8) is 0 Å². The number of thiophene rings is 2. The quantitative estimate of drug-likeness (QED) is 0.156. The van der Waals surface area contributed by atoms with Crippen LogP contribution < -0.4 is 0 Å². The molecule has 11 aromatic carbocycles. The third-order valence-electron chi connectivity index (χ3n) is 13.2. The largest absolute Gasteiger partial charge is 0.309 e. The second-order valence-electron chi connectivity index (χ2n) is 16.4. The lowest BCUT2D eigenvalue weighted by Gasteiger charge is -2.15. The predicted octanol–water partition coefficient (Wildman–Crippen LogP) is 17.4. The normalized spacial score (nSPS) is 12.3. The minimum atomic E-state index is 1.15. The van der Waals surface area contributed by atoms with E-state index < -0.39 is 0 Å².